The van der Waals surface area contributed by atoms with Crippen molar-refractivity contribution in [3.05, 3.63) is 24.3 Å². The highest BCUT2D eigenvalue weighted by atomic mass is 16.5. The van der Waals surface area contributed by atoms with E-state index in [1.807, 2.05) is 24.3 Å². The third-order valence-corrected chi connectivity index (χ3v) is 5.45. The summed E-state index contributed by atoms with van der Waals surface area (Å²) in [5.74, 6) is 1.92. The van der Waals surface area contributed by atoms with E-state index in [1.165, 1.54) is 0 Å². The fourth-order valence-electron chi connectivity index (χ4n) is 4.09. The van der Waals surface area contributed by atoms with Gasteiger partial charge in [-0.1, -0.05) is 12.1 Å². The molecule has 0 N–H and O–H groups in total. The van der Waals surface area contributed by atoms with E-state index in [4.69, 9.17) is 19.4 Å². The topological polar surface area (TPSA) is 54.0 Å². The van der Waals surface area contributed by atoms with Gasteiger partial charge in [-0.3, -0.25) is 4.90 Å². The normalized spacial score (nSPS) is 23.9. The fraction of sp³-hybridized carbons (Fsp3) is 0.619. The monoisotopic (exact) mass is 385 g/mol. The van der Waals surface area contributed by atoms with E-state index in [1.54, 1.807) is 0 Å². The van der Waals surface area contributed by atoms with Crippen molar-refractivity contribution in [2.24, 2.45) is 0 Å². The highest BCUT2D eigenvalue weighted by Crippen LogP contribution is 2.28. The van der Waals surface area contributed by atoms with Crippen molar-refractivity contribution in [3.8, 4) is 0 Å². The third kappa shape index (κ3) is 4.37. The molecule has 0 amide bonds. The van der Waals surface area contributed by atoms with Crippen LogP contribution >= 0.6 is 0 Å². The number of likely N-dealkylation sites (N-methyl/N-ethyl adjacent to an activating group) is 1. The van der Waals surface area contributed by atoms with E-state index in [0.717, 1.165) is 75.2 Å². The van der Waals surface area contributed by atoms with Crippen molar-refractivity contribution in [3.63, 3.8) is 0 Å². The number of rotatable bonds is 5. The lowest BCUT2D eigenvalue weighted by Gasteiger charge is -2.36. The number of morpholine rings is 2. The second-order valence-corrected chi connectivity index (χ2v) is 7.90. The van der Waals surface area contributed by atoms with Crippen LogP contribution in [0.15, 0.2) is 24.3 Å². The van der Waals surface area contributed by atoms with Gasteiger partial charge in [-0.15, -0.1) is 0 Å². The molecule has 2 saturated heterocycles. The first-order chi connectivity index (χ1) is 13.6. The van der Waals surface area contributed by atoms with Crippen LogP contribution < -0.4 is 9.80 Å². The molecule has 2 aromatic rings. The predicted molar refractivity (Wildman–Crippen MR) is 112 cm³/mol. The summed E-state index contributed by atoms with van der Waals surface area (Å²) in [6, 6.07) is 8.11. The quantitative estimate of drug-likeness (QED) is 0.780. The van der Waals surface area contributed by atoms with Gasteiger partial charge in [0.2, 0.25) is 0 Å². The molecule has 0 unspecified atom stereocenters. The van der Waals surface area contributed by atoms with Gasteiger partial charge in [0.05, 0.1) is 36.5 Å². The summed E-state index contributed by atoms with van der Waals surface area (Å²) < 4.78 is 11.4. The summed E-state index contributed by atoms with van der Waals surface area (Å²) in [4.78, 5) is 17.0. The molecular formula is C21H31N5O2. The summed E-state index contributed by atoms with van der Waals surface area (Å²) in [5, 5.41) is 0. The van der Waals surface area contributed by atoms with Crippen molar-refractivity contribution in [2.45, 2.75) is 26.1 Å². The molecule has 152 valence electrons. The molecule has 2 aliphatic rings. The van der Waals surface area contributed by atoms with E-state index in [2.05, 4.69) is 35.6 Å². The van der Waals surface area contributed by atoms with E-state index in [0.29, 0.717) is 12.2 Å². The number of aromatic nitrogens is 2. The number of fused-ring (bicyclic) bond motifs is 1. The molecule has 0 saturated carbocycles. The Morgan fingerprint density at radius 1 is 1.04 bits per heavy atom. The Morgan fingerprint density at radius 2 is 1.68 bits per heavy atom. The molecule has 7 nitrogen and oxygen atoms in total. The van der Waals surface area contributed by atoms with Crippen molar-refractivity contribution in [1.82, 2.24) is 14.9 Å². The molecule has 2 atom stereocenters. The largest absolute Gasteiger partial charge is 0.378 e. The minimum Gasteiger partial charge on any atom is -0.378 e. The zero-order valence-corrected chi connectivity index (χ0v) is 17.2. The zero-order chi connectivity index (χ0) is 19.5. The molecule has 7 heteroatoms. The SMILES string of the molecule is C[C@@H]1CN(CCN(C)c2nc3ccccc3nc2N2CCOCC2)C[C@H](C)O1. The molecule has 2 fully saturated rings. The number of anilines is 2. The Labute approximate surface area is 167 Å². The molecule has 1 aromatic carbocycles. The van der Waals surface area contributed by atoms with Crippen molar-refractivity contribution in [1.29, 1.82) is 0 Å². The summed E-state index contributed by atoms with van der Waals surface area (Å²) in [7, 11) is 2.12. The van der Waals surface area contributed by atoms with Gasteiger partial charge in [0.15, 0.2) is 11.6 Å². The Bertz CT molecular complexity index is 785. The first kappa shape index (κ1) is 19.4. The molecule has 28 heavy (non-hydrogen) atoms. The number of ether oxygens (including phenoxy) is 2. The molecule has 3 heterocycles. The van der Waals surface area contributed by atoms with Gasteiger partial charge in [-0.25, -0.2) is 9.97 Å². The van der Waals surface area contributed by atoms with Crippen LogP contribution in [0.4, 0.5) is 11.6 Å². The maximum absolute atomic E-state index is 5.86. The first-order valence-corrected chi connectivity index (χ1v) is 10.3. The van der Waals surface area contributed by atoms with Crippen LogP contribution in [0.25, 0.3) is 11.0 Å². The van der Waals surface area contributed by atoms with Gasteiger partial charge in [0.1, 0.15) is 0 Å². The highest BCUT2D eigenvalue weighted by Gasteiger charge is 2.24. The summed E-state index contributed by atoms with van der Waals surface area (Å²) in [5.41, 5.74) is 1.88. The Balaban J connectivity index is 1.55. The minimum atomic E-state index is 0.290. The molecule has 4 rings (SSSR count). The molecule has 0 bridgehead atoms. The van der Waals surface area contributed by atoms with Crippen molar-refractivity contribution < 1.29 is 9.47 Å². The van der Waals surface area contributed by atoms with Gasteiger partial charge in [-0.2, -0.15) is 0 Å². The predicted octanol–water partition coefficient (Wildman–Crippen LogP) is 2.01. The Morgan fingerprint density at radius 3 is 2.36 bits per heavy atom. The third-order valence-electron chi connectivity index (χ3n) is 5.45. The lowest BCUT2D eigenvalue weighted by atomic mass is 10.2. The number of nitrogens with zero attached hydrogens (tertiary/aromatic N) is 5. The van der Waals surface area contributed by atoms with Crippen LogP contribution in [0.1, 0.15) is 13.8 Å². The second kappa shape index (κ2) is 8.59. The van der Waals surface area contributed by atoms with Gasteiger partial charge in [-0.05, 0) is 26.0 Å². The van der Waals surface area contributed by atoms with E-state index in [-0.39, 0.29) is 0 Å². The standard InChI is InChI=1S/C21H31N5O2/c1-16-14-25(15-17(2)28-16)9-8-24(3)20-21(26-10-12-27-13-11-26)23-19-7-5-4-6-18(19)22-20/h4-7,16-17H,8-15H2,1-3H3/t16-,17+. The van der Waals surface area contributed by atoms with Gasteiger partial charge >= 0.3 is 0 Å². The zero-order valence-electron chi connectivity index (χ0n) is 17.2. The van der Waals surface area contributed by atoms with Crippen LogP contribution in [0.5, 0.6) is 0 Å². The number of benzene rings is 1. The number of para-hydroxylation sites is 2. The van der Waals surface area contributed by atoms with Crippen molar-refractivity contribution >= 4 is 22.7 Å². The summed E-state index contributed by atoms with van der Waals surface area (Å²) in [6.07, 6.45) is 0.580. The smallest absolute Gasteiger partial charge is 0.172 e. The van der Waals surface area contributed by atoms with E-state index >= 15 is 0 Å². The van der Waals surface area contributed by atoms with Crippen LogP contribution in [-0.4, -0.2) is 86.6 Å². The molecule has 2 aliphatic heterocycles. The molecule has 0 radical (unpaired) electrons. The molecule has 0 spiro atoms. The van der Waals surface area contributed by atoms with Crippen molar-refractivity contribution in [2.75, 3.05) is 69.3 Å². The maximum atomic E-state index is 5.86. The Kier molecular flexibility index (Phi) is 5.94. The average molecular weight is 386 g/mol. The summed E-state index contributed by atoms with van der Waals surface area (Å²) in [6.45, 7) is 11.3. The van der Waals surface area contributed by atoms with E-state index < -0.39 is 0 Å². The van der Waals surface area contributed by atoms with Gasteiger partial charge < -0.3 is 19.3 Å². The minimum absolute atomic E-state index is 0.290. The van der Waals surface area contributed by atoms with Crippen LogP contribution in [0.2, 0.25) is 0 Å². The van der Waals surface area contributed by atoms with Crippen LogP contribution in [0.3, 0.4) is 0 Å². The van der Waals surface area contributed by atoms with Crippen LogP contribution in [0, 0.1) is 0 Å². The Hall–Kier alpha value is -1.96. The molecule has 1 aromatic heterocycles. The first-order valence-electron chi connectivity index (χ1n) is 10.3. The van der Waals surface area contributed by atoms with Gasteiger partial charge in [0.25, 0.3) is 0 Å². The summed E-state index contributed by atoms with van der Waals surface area (Å²) >= 11 is 0. The molecule has 0 aliphatic carbocycles. The second-order valence-electron chi connectivity index (χ2n) is 7.90. The number of hydrogen-bond acceptors (Lipinski definition) is 7. The maximum Gasteiger partial charge on any atom is 0.172 e. The average Bonchev–Trinajstić information content (AvgIpc) is 2.71. The lowest BCUT2D eigenvalue weighted by Crippen LogP contribution is -2.47. The van der Waals surface area contributed by atoms with Crippen LogP contribution in [-0.2, 0) is 9.47 Å². The van der Waals surface area contributed by atoms with Gasteiger partial charge in [0, 0.05) is 46.3 Å². The molecular weight excluding hydrogens is 354 g/mol. The fourth-order valence-corrected chi connectivity index (χ4v) is 4.09. The lowest BCUT2D eigenvalue weighted by molar-refractivity contribution is -0.0670. The van der Waals surface area contributed by atoms with E-state index in [9.17, 15) is 0 Å². The number of hydrogen-bond donors (Lipinski definition) is 0. The highest BCUT2D eigenvalue weighted by molar-refractivity contribution is 5.80.